The highest BCUT2D eigenvalue weighted by atomic mass is 16.7. The maximum absolute atomic E-state index is 13.2. The summed E-state index contributed by atoms with van der Waals surface area (Å²) in [7, 11) is 1.20. The molecule has 0 aliphatic carbocycles. The molecule has 0 radical (unpaired) electrons. The van der Waals surface area contributed by atoms with Gasteiger partial charge in [-0.2, -0.15) is 0 Å². The smallest absolute Gasteiger partial charge is 0.508 e. The second kappa shape index (κ2) is 12.0. The summed E-state index contributed by atoms with van der Waals surface area (Å²) in [5.74, 6) is -1.33. The largest absolute Gasteiger partial charge is 0.508 e. The van der Waals surface area contributed by atoms with Crippen LogP contribution in [0.2, 0.25) is 0 Å². The van der Waals surface area contributed by atoms with E-state index in [1.165, 1.54) is 19.3 Å². The molecular formula is C23H32O8. The Morgan fingerprint density at radius 3 is 2.10 bits per heavy atom. The van der Waals surface area contributed by atoms with Gasteiger partial charge < -0.3 is 24.1 Å². The average Bonchev–Trinajstić information content (AvgIpc) is 2.67. The standard InChI is InChI=1S/C23H32O8/c1-15(2)30-20(25)23(21(26)31-16(3)4,11-7-8-12-29-22(27)28-6)14-18-9-10-19(24)13-17(18)5/h7-10,13,15-16,24H,11-12,14H2,1-6H3/b8-7+. The molecule has 8 nitrogen and oxygen atoms in total. The van der Waals surface area contributed by atoms with Gasteiger partial charge in [0, 0.05) is 0 Å². The van der Waals surface area contributed by atoms with E-state index in [4.69, 9.17) is 14.2 Å². The van der Waals surface area contributed by atoms with Gasteiger partial charge in [0.2, 0.25) is 0 Å². The monoisotopic (exact) mass is 436 g/mol. The summed E-state index contributed by atoms with van der Waals surface area (Å²) in [5.41, 5.74) is -0.242. The fourth-order valence-electron chi connectivity index (χ4n) is 2.85. The van der Waals surface area contributed by atoms with Gasteiger partial charge in [0.25, 0.3) is 0 Å². The molecule has 1 N–H and O–H groups in total. The van der Waals surface area contributed by atoms with Crippen molar-refractivity contribution in [2.24, 2.45) is 5.41 Å². The van der Waals surface area contributed by atoms with Crippen LogP contribution in [0.5, 0.6) is 5.75 Å². The number of phenols is 1. The van der Waals surface area contributed by atoms with Crippen molar-refractivity contribution in [3.63, 3.8) is 0 Å². The molecular weight excluding hydrogens is 404 g/mol. The van der Waals surface area contributed by atoms with E-state index in [0.717, 1.165) is 5.56 Å². The van der Waals surface area contributed by atoms with Crippen LogP contribution in [0.15, 0.2) is 30.4 Å². The van der Waals surface area contributed by atoms with E-state index in [-0.39, 0.29) is 25.2 Å². The lowest BCUT2D eigenvalue weighted by molar-refractivity contribution is -0.176. The number of hydrogen-bond acceptors (Lipinski definition) is 8. The Morgan fingerprint density at radius 1 is 1.03 bits per heavy atom. The van der Waals surface area contributed by atoms with E-state index in [2.05, 4.69) is 4.74 Å². The number of methoxy groups -OCH3 is 1. The van der Waals surface area contributed by atoms with Crippen LogP contribution in [0.1, 0.15) is 45.2 Å². The highest BCUT2D eigenvalue weighted by Crippen LogP contribution is 2.34. The molecule has 0 unspecified atom stereocenters. The second-order valence-corrected chi connectivity index (χ2v) is 7.72. The van der Waals surface area contributed by atoms with Crippen molar-refractivity contribution in [2.75, 3.05) is 13.7 Å². The lowest BCUT2D eigenvalue weighted by atomic mass is 9.77. The van der Waals surface area contributed by atoms with Crippen LogP contribution >= 0.6 is 0 Å². The third kappa shape index (κ3) is 7.96. The summed E-state index contributed by atoms with van der Waals surface area (Å²) in [6.45, 7) is 8.48. The fraction of sp³-hybridized carbons (Fsp3) is 0.522. The number of benzene rings is 1. The predicted octanol–water partition coefficient (Wildman–Crippen LogP) is 3.86. The van der Waals surface area contributed by atoms with Crippen LogP contribution in [0.25, 0.3) is 0 Å². The van der Waals surface area contributed by atoms with E-state index in [1.54, 1.807) is 52.8 Å². The summed E-state index contributed by atoms with van der Waals surface area (Å²) < 4.78 is 20.1. The number of allylic oxidation sites excluding steroid dienone is 1. The molecule has 0 fully saturated rings. The predicted molar refractivity (Wildman–Crippen MR) is 114 cm³/mol. The molecule has 1 rings (SSSR count). The number of aryl methyl sites for hydroxylation is 1. The zero-order chi connectivity index (χ0) is 23.6. The Kier molecular flexibility index (Phi) is 10.0. The van der Waals surface area contributed by atoms with Gasteiger partial charge in [-0.15, -0.1) is 0 Å². The van der Waals surface area contributed by atoms with Crippen molar-refractivity contribution < 1.29 is 38.4 Å². The number of esters is 2. The molecule has 0 aliphatic rings. The van der Waals surface area contributed by atoms with Crippen LogP contribution in [0.4, 0.5) is 4.79 Å². The lowest BCUT2D eigenvalue weighted by Crippen LogP contribution is -2.45. The normalized spacial score (nSPS) is 11.6. The topological polar surface area (TPSA) is 108 Å². The number of carbonyl (C=O) groups excluding carboxylic acids is 3. The van der Waals surface area contributed by atoms with Crippen LogP contribution in [-0.2, 0) is 35.0 Å². The summed E-state index contributed by atoms with van der Waals surface area (Å²) in [6.07, 6.45) is 1.35. The molecule has 0 bridgehead atoms. The zero-order valence-electron chi connectivity index (χ0n) is 19.0. The maximum atomic E-state index is 13.2. The van der Waals surface area contributed by atoms with Crippen molar-refractivity contribution >= 4 is 18.1 Å². The number of hydrogen-bond donors (Lipinski definition) is 1. The van der Waals surface area contributed by atoms with Gasteiger partial charge in [0.1, 0.15) is 12.4 Å². The number of aromatic hydroxyl groups is 1. The third-order valence-electron chi connectivity index (χ3n) is 4.38. The summed E-state index contributed by atoms with van der Waals surface area (Å²) in [4.78, 5) is 37.5. The van der Waals surface area contributed by atoms with Crippen molar-refractivity contribution in [2.45, 2.75) is 59.7 Å². The molecule has 172 valence electrons. The van der Waals surface area contributed by atoms with Crippen molar-refractivity contribution in [1.29, 1.82) is 0 Å². The molecule has 31 heavy (non-hydrogen) atoms. The Morgan fingerprint density at radius 2 is 1.61 bits per heavy atom. The molecule has 0 aliphatic heterocycles. The first-order valence-electron chi connectivity index (χ1n) is 10.1. The van der Waals surface area contributed by atoms with Gasteiger partial charge >= 0.3 is 18.1 Å². The van der Waals surface area contributed by atoms with Crippen LogP contribution in [0, 0.1) is 12.3 Å². The highest BCUT2D eigenvalue weighted by molar-refractivity contribution is 6.00. The first-order chi connectivity index (χ1) is 14.5. The molecule has 0 saturated heterocycles. The van der Waals surface area contributed by atoms with Gasteiger partial charge in [0.05, 0.1) is 19.3 Å². The van der Waals surface area contributed by atoms with Crippen molar-refractivity contribution in [3.8, 4) is 5.75 Å². The molecule has 0 amide bonds. The fourth-order valence-corrected chi connectivity index (χ4v) is 2.85. The molecule has 1 aromatic carbocycles. The Balaban J connectivity index is 3.34. The number of carbonyl (C=O) groups is 3. The zero-order valence-corrected chi connectivity index (χ0v) is 19.0. The minimum atomic E-state index is -1.65. The number of rotatable bonds is 10. The third-order valence-corrected chi connectivity index (χ3v) is 4.38. The first kappa shape index (κ1) is 26.0. The van der Waals surface area contributed by atoms with E-state index in [1.807, 2.05) is 0 Å². The second-order valence-electron chi connectivity index (χ2n) is 7.72. The van der Waals surface area contributed by atoms with Crippen molar-refractivity contribution in [3.05, 3.63) is 41.5 Å². The molecule has 1 aromatic rings. The van der Waals surface area contributed by atoms with Gasteiger partial charge in [0.15, 0.2) is 5.41 Å². The highest BCUT2D eigenvalue weighted by Gasteiger charge is 2.49. The van der Waals surface area contributed by atoms with Gasteiger partial charge in [-0.1, -0.05) is 18.2 Å². The van der Waals surface area contributed by atoms with E-state index in [9.17, 15) is 19.5 Å². The number of phenolic OH excluding ortho intramolecular Hbond substituents is 1. The van der Waals surface area contributed by atoms with Crippen molar-refractivity contribution in [1.82, 2.24) is 0 Å². The molecule has 0 saturated carbocycles. The Bertz CT molecular complexity index is 773. The van der Waals surface area contributed by atoms with Crippen LogP contribution in [-0.4, -0.2) is 49.1 Å². The van der Waals surface area contributed by atoms with Gasteiger partial charge in [-0.05, 0) is 70.7 Å². The van der Waals surface area contributed by atoms with Gasteiger partial charge in [-0.3, -0.25) is 9.59 Å². The molecule has 0 atom stereocenters. The summed E-state index contributed by atoms with van der Waals surface area (Å²) in [6, 6.07) is 4.71. The molecule has 0 aromatic heterocycles. The van der Waals surface area contributed by atoms with Crippen LogP contribution in [0.3, 0.4) is 0 Å². The number of ether oxygens (including phenoxy) is 4. The van der Waals surface area contributed by atoms with Gasteiger partial charge in [-0.25, -0.2) is 4.79 Å². The van der Waals surface area contributed by atoms with E-state index < -0.39 is 35.7 Å². The Labute approximate surface area is 183 Å². The summed E-state index contributed by atoms with van der Waals surface area (Å²) in [5, 5.41) is 9.71. The first-order valence-corrected chi connectivity index (χ1v) is 10.1. The minimum Gasteiger partial charge on any atom is -0.508 e. The lowest BCUT2D eigenvalue weighted by Gasteiger charge is -2.31. The van der Waals surface area contributed by atoms with E-state index >= 15 is 0 Å². The van der Waals surface area contributed by atoms with Crippen LogP contribution < -0.4 is 0 Å². The average molecular weight is 437 g/mol. The SMILES string of the molecule is COC(=O)OC/C=C/CC(Cc1ccc(O)cc1C)(C(=O)OC(C)C)C(=O)OC(C)C. The quantitative estimate of drug-likeness (QED) is 0.255. The minimum absolute atomic E-state index is 0.0123. The molecule has 8 heteroatoms. The molecule has 0 spiro atoms. The molecule has 0 heterocycles. The Hall–Kier alpha value is -3.03. The van der Waals surface area contributed by atoms with E-state index in [0.29, 0.717) is 5.56 Å². The summed E-state index contributed by atoms with van der Waals surface area (Å²) >= 11 is 0. The maximum Gasteiger partial charge on any atom is 0.508 e.